The van der Waals surface area contributed by atoms with E-state index < -0.39 is 16.0 Å². The van der Waals surface area contributed by atoms with Crippen molar-refractivity contribution in [2.45, 2.75) is 24.7 Å². The molecule has 0 atom stereocenters. The second-order valence-corrected chi connectivity index (χ2v) is 8.23. The third-order valence-corrected chi connectivity index (χ3v) is 7.25. The van der Waals surface area contributed by atoms with E-state index in [9.17, 15) is 13.2 Å². The summed E-state index contributed by atoms with van der Waals surface area (Å²) in [5.41, 5.74) is 0.600. The van der Waals surface area contributed by atoms with Crippen molar-refractivity contribution < 1.29 is 17.9 Å². The van der Waals surface area contributed by atoms with Crippen molar-refractivity contribution in [3.8, 4) is 0 Å². The van der Waals surface area contributed by atoms with Crippen molar-refractivity contribution in [2.75, 3.05) is 33.8 Å². The van der Waals surface area contributed by atoms with Gasteiger partial charge in [-0.2, -0.15) is 4.31 Å². The van der Waals surface area contributed by atoms with Crippen LogP contribution in [0.15, 0.2) is 10.3 Å². The number of rotatable bonds is 5. The molecule has 1 fully saturated rings. The molecule has 22 heavy (non-hydrogen) atoms. The highest BCUT2D eigenvalue weighted by Crippen LogP contribution is 2.32. The highest BCUT2D eigenvalue weighted by atomic mass is 32.2. The molecule has 0 saturated carbocycles. The third-order valence-electron chi connectivity index (χ3n) is 3.95. The molecule has 2 heterocycles. The number of aryl methyl sites for hydroxylation is 1. The van der Waals surface area contributed by atoms with Crippen molar-refractivity contribution in [2.24, 2.45) is 5.92 Å². The lowest BCUT2D eigenvalue weighted by atomic mass is 9.98. The van der Waals surface area contributed by atoms with E-state index >= 15 is 0 Å². The molecule has 6 nitrogen and oxygen atoms in total. The van der Waals surface area contributed by atoms with E-state index in [4.69, 9.17) is 4.74 Å². The van der Waals surface area contributed by atoms with Gasteiger partial charge < -0.3 is 10.1 Å². The molecule has 1 aromatic heterocycles. The van der Waals surface area contributed by atoms with Gasteiger partial charge in [0.15, 0.2) is 0 Å². The van der Waals surface area contributed by atoms with Crippen LogP contribution in [0.25, 0.3) is 0 Å². The van der Waals surface area contributed by atoms with Crippen molar-refractivity contribution >= 4 is 27.3 Å². The molecular formula is C14H22N2O4S2. The van der Waals surface area contributed by atoms with Gasteiger partial charge in [0.25, 0.3) is 0 Å². The number of carbonyl (C=O) groups is 1. The monoisotopic (exact) mass is 346 g/mol. The number of nitrogens with zero attached hydrogens (tertiary/aromatic N) is 1. The van der Waals surface area contributed by atoms with Gasteiger partial charge in [-0.1, -0.05) is 0 Å². The first-order valence-corrected chi connectivity index (χ1v) is 9.55. The molecule has 0 spiro atoms. The minimum Gasteiger partial charge on any atom is -0.465 e. The van der Waals surface area contributed by atoms with Gasteiger partial charge in [0, 0.05) is 13.1 Å². The Balaban J connectivity index is 2.25. The predicted octanol–water partition coefficient (Wildman–Crippen LogP) is 1.46. The average Bonchev–Trinajstić information content (AvgIpc) is 2.90. The van der Waals surface area contributed by atoms with Gasteiger partial charge in [0.2, 0.25) is 10.0 Å². The van der Waals surface area contributed by atoms with Crippen LogP contribution < -0.4 is 5.32 Å². The maximum absolute atomic E-state index is 12.9. The summed E-state index contributed by atoms with van der Waals surface area (Å²) >= 11 is 1.12. The normalized spacial score (nSPS) is 17.6. The zero-order valence-corrected chi connectivity index (χ0v) is 14.7. The fourth-order valence-corrected chi connectivity index (χ4v) is 5.89. The predicted molar refractivity (Wildman–Crippen MR) is 85.8 cm³/mol. The van der Waals surface area contributed by atoms with Crippen LogP contribution in [0.4, 0.5) is 0 Å². The quantitative estimate of drug-likeness (QED) is 0.817. The topological polar surface area (TPSA) is 75.7 Å². The van der Waals surface area contributed by atoms with Crippen LogP contribution in [0.2, 0.25) is 0 Å². The first-order valence-electron chi connectivity index (χ1n) is 7.23. The lowest BCUT2D eigenvalue weighted by Gasteiger charge is -2.31. The minimum atomic E-state index is -3.65. The second kappa shape index (κ2) is 7.08. The van der Waals surface area contributed by atoms with Crippen LogP contribution in [-0.4, -0.2) is 52.5 Å². The molecule has 0 aromatic carbocycles. The molecule has 0 bridgehead atoms. The molecule has 1 aliphatic heterocycles. The summed E-state index contributed by atoms with van der Waals surface area (Å²) in [5.74, 6) is -0.0955. The van der Waals surface area contributed by atoms with Crippen LogP contribution in [0.5, 0.6) is 0 Å². The number of hydrogen-bond acceptors (Lipinski definition) is 6. The molecule has 0 amide bonds. The molecule has 2 rings (SSSR count). The zero-order valence-electron chi connectivity index (χ0n) is 13.1. The smallest absolute Gasteiger partial charge is 0.349 e. The maximum atomic E-state index is 12.9. The molecule has 0 radical (unpaired) electrons. The number of piperidine rings is 1. The van der Waals surface area contributed by atoms with E-state index in [1.165, 1.54) is 11.4 Å². The molecular weight excluding hydrogens is 324 g/mol. The van der Waals surface area contributed by atoms with Gasteiger partial charge in [-0.05, 0) is 50.2 Å². The molecule has 8 heteroatoms. The first kappa shape index (κ1) is 17.4. The summed E-state index contributed by atoms with van der Waals surface area (Å²) in [7, 11) is -0.487. The Morgan fingerprint density at radius 3 is 2.64 bits per heavy atom. The maximum Gasteiger partial charge on any atom is 0.349 e. The van der Waals surface area contributed by atoms with Crippen molar-refractivity contribution in [3.63, 3.8) is 0 Å². The van der Waals surface area contributed by atoms with E-state index in [0.717, 1.165) is 30.7 Å². The second-order valence-electron chi connectivity index (χ2n) is 5.47. The fourth-order valence-electron chi connectivity index (χ4n) is 2.76. The van der Waals surface area contributed by atoms with Crippen LogP contribution in [-0.2, 0) is 14.8 Å². The summed E-state index contributed by atoms with van der Waals surface area (Å²) in [6.45, 7) is 3.59. The molecule has 1 N–H and O–H groups in total. The van der Waals surface area contributed by atoms with Crippen LogP contribution in [0.1, 0.15) is 28.1 Å². The summed E-state index contributed by atoms with van der Waals surface area (Å²) in [5, 5.41) is 4.82. The number of esters is 1. The van der Waals surface area contributed by atoms with Gasteiger partial charge in [0.05, 0.1) is 7.11 Å². The Labute approximate surface area is 135 Å². The van der Waals surface area contributed by atoms with E-state index in [2.05, 4.69) is 5.32 Å². The van der Waals surface area contributed by atoms with Crippen molar-refractivity contribution in [1.82, 2.24) is 9.62 Å². The average molecular weight is 346 g/mol. The van der Waals surface area contributed by atoms with Crippen molar-refractivity contribution in [3.05, 3.63) is 15.8 Å². The van der Waals surface area contributed by atoms with Gasteiger partial charge in [0.1, 0.15) is 9.77 Å². The molecule has 124 valence electrons. The summed E-state index contributed by atoms with van der Waals surface area (Å²) < 4.78 is 32.0. The molecule has 0 aliphatic carbocycles. The number of ether oxygens (including phenoxy) is 1. The SMILES string of the molecule is CNCC1CCN(S(=O)(=O)c2c(C)csc2C(=O)OC)CC1. The molecule has 1 saturated heterocycles. The van der Waals surface area contributed by atoms with Crippen LogP contribution in [0, 0.1) is 12.8 Å². The summed E-state index contributed by atoms with van der Waals surface area (Å²) in [6, 6.07) is 0. The van der Waals surface area contributed by atoms with E-state index in [-0.39, 0.29) is 9.77 Å². The number of sulfonamides is 1. The summed E-state index contributed by atoms with van der Waals surface area (Å²) in [6.07, 6.45) is 1.66. The van der Waals surface area contributed by atoms with Crippen LogP contribution in [0.3, 0.4) is 0 Å². The number of hydrogen-bond donors (Lipinski definition) is 1. The number of nitrogens with one attached hydrogen (secondary N) is 1. The lowest BCUT2D eigenvalue weighted by Crippen LogP contribution is -2.40. The number of methoxy groups -OCH3 is 1. The van der Waals surface area contributed by atoms with E-state index in [1.54, 1.807) is 12.3 Å². The first-order chi connectivity index (χ1) is 10.4. The third kappa shape index (κ3) is 3.34. The Hall–Kier alpha value is -0.960. The number of carbonyl (C=O) groups excluding carboxylic acids is 1. The summed E-state index contributed by atoms with van der Waals surface area (Å²) in [4.78, 5) is 12.1. The lowest BCUT2D eigenvalue weighted by molar-refractivity contribution is 0.0602. The fraction of sp³-hybridized carbons (Fsp3) is 0.643. The Morgan fingerprint density at radius 1 is 1.45 bits per heavy atom. The van der Waals surface area contributed by atoms with Crippen molar-refractivity contribution in [1.29, 1.82) is 0 Å². The molecule has 1 aromatic rings. The minimum absolute atomic E-state index is 0.108. The van der Waals surface area contributed by atoms with Gasteiger partial charge in [-0.25, -0.2) is 13.2 Å². The highest BCUT2D eigenvalue weighted by molar-refractivity contribution is 7.89. The van der Waals surface area contributed by atoms with Gasteiger partial charge in [-0.3, -0.25) is 0 Å². The largest absolute Gasteiger partial charge is 0.465 e. The Kier molecular flexibility index (Phi) is 5.60. The highest BCUT2D eigenvalue weighted by Gasteiger charge is 2.34. The van der Waals surface area contributed by atoms with E-state index in [1.807, 2.05) is 7.05 Å². The van der Waals surface area contributed by atoms with Gasteiger partial charge in [-0.15, -0.1) is 11.3 Å². The zero-order chi connectivity index (χ0) is 16.3. The molecule has 1 aliphatic rings. The Morgan fingerprint density at radius 2 is 2.09 bits per heavy atom. The van der Waals surface area contributed by atoms with E-state index in [0.29, 0.717) is 24.6 Å². The van der Waals surface area contributed by atoms with Crippen LogP contribution >= 0.6 is 11.3 Å². The Bertz CT molecular complexity index is 631. The number of thiophene rings is 1. The van der Waals surface area contributed by atoms with Gasteiger partial charge >= 0.3 is 5.97 Å². The molecule has 0 unspecified atom stereocenters. The standard InChI is InChI=1S/C14H22N2O4S2/c1-10-9-21-12(14(17)20-3)13(10)22(18,19)16-6-4-11(5-7-16)8-15-2/h9,11,15H,4-8H2,1-3H3.